The van der Waals surface area contributed by atoms with E-state index in [1.165, 1.54) is 0 Å². The largest absolute Gasteiger partial charge is 0.354 e. The average Bonchev–Trinajstić information content (AvgIpc) is 2.13. The molecule has 1 unspecified atom stereocenters. The third-order valence-electron chi connectivity index (χ3n) is 1.90. The molecule has 0 aliphatic carbocycles. The molecule has 13 heavy (non-hydrogen) atoms. The first-order valence-electron chi connectivity index (χ1n) is 4.67. The first-order chi connectivity index (χ1) is 6.11. The van der Waals surface area contributed by atoms with E-state index in [9.17, 15) is 4.79 Å². The van der Waals surface area contributed by atoms with Crippen LogP contribution in [0.2, 0.25) is 0 Å². The van der Waals surface area contributed by atoms with Gasteiger partial charge in [-0.25, -0.2) is 0 Å². The quantitative estimate of drug-likeness (QED) is 0.678. The van der Waals surface area contributed by atoms with Gasteiger partial charge in [0.15, 0.2) is 0 Å². The third kappa shape index (κ3) is 5.93. The molecule has 0 fully saturated rings. The Hall–Kier alpha value is -0.220. The van der Waals surface area contributed by atoms with E-state index in [0.29, 0.717) is 11.8 Å². The van der Waals surface area contributed by atoms with Crippen LogP contribution < -0.4 is 11.1 Å². The molecule has 0 heterocycles. The second-order valence-corrected chi connectivity index (χ2v) is 4.46. The molecule has 3 nitrogen and oxygen atoms in total. The molecule has 1 amide bonds. The second kappa shape index (κ2) is 7.21. The van der Waals surface area contributed by atoms with Gasteiger partial charge in [0.1, 0.15) is 0 Å². The zero-order chi connectivity index (χ0) is 10.3. The third-order valence-corrected chi connectivity index (χ3v) is 2.87. The van der Waals surface area contributed by atoms with Crippen LogP contribution in [0.5, 0.6) is 0 Å². The average molecular weight is 204 g/mol. The van der Waals surface area contributed by atoms with E-state index < -0.39 is 0 Å². The van der Waals surface area contributed by atoms with Gasteiger partial charge in [0.25, 0.3) is 0 Å². The Morgan fingerprint density at radius 3 is 2.69 bits per heavy atom. The molecule has 0 rings (SSSR count). The number of rotatable bonds is 6. The Kier molecular flexibility index (Phi) is 7.09. The van der Waals surface area contributed by atoms with E-state index in [1.807, 2.05) is 13.2 Å². The molecule has 4 heteroatoms. The predicted octanol–water partition coefficient (Wildman–Crippen LogP) is 0.982. The molecule has 0 bridgehead atoms. The number of hydrogen-bond acceptors (Lipinski definition) is 3. The monoisotopic (exact) mass is 204 g/mol. The van der Waals surface area contributed by atoms with Crippen molar-refractivity contribution in [3.63, 3.8) is 0 Å². The molecule has 2 atom stereocenters. The van der Waals surface area contributed by atoms with Crippen LogP contribution in [0.3, 0.4) is 0 Å². The SMILES string of the molecule is CCC[C@@H](N)C(=O)NCC(C)SC. The van der Waals surface area contributed by atoms with Gasteiger partial charge in [0, 0.05) is 11.8 Å². The topological polar surface area (TPSA) is 55.1 Å². The van der Waals surface area contributed by atoms with E-state index in [-0.39, 0.29) is 11.9 Å². The highest BCUT2D eigenvalue weighted by Crippen LogP contribution is 2.02. The number of thioether (sulfide) groups is 1. The van der Waals surface area contributed by atoms with E-state index in [1.54, 1.807) is 11.8 Å². The molecule has 0 aromatic rings. The summed E-state index contributed by atoms with van der Waals surface area (Å²) in [5.74, 6) is -0.0252. The lowest BCUT2D eigenvalue weighted by Crippen LogP contribution is -2.42. The lowest BCUT2D eigenvalue weighted by Gasteiger charge is -2.13. The summed E-state index contributed by atoms with van der Waals surface area (Å²) in [5, 5.41) is 3.29. The van der Waals surface area contributed by atoms with E-state index in [0.717, 1.165) is 12.8 Å². The number of carbonyl (C=O) groups excluding carboxylic acids is 1. The summed E-state index contributed by atoms with van der Waals surface area (Å²) in [6.45, 7) is 4.81. The summed E-state index contributed by atoms with van der Waals surface area (Å²) < 4.78 is 0. The summed E-state index contributed by atoms with van der Waals surface area (Å²) in [6, 6.07) is -0.334. The van der Waals surface area contributed by atoms with Gasteiger partial charge in [-0.05, 0) is 12.7 Å². The highest BCUT2D eigenvalue weighted by molar-refractivity contribution is 7.99. The van der Waals surface area contributed by atoms with E-state index >= 15 is 0 Å². The van der Waals surface area contributed by atoms with E-state index in [2.05, 4.69) is 12.2 Å². The fourth-order valence-electron chi connectivity index (χ4n) is 0.901. The molecule has 3 N–H and O–H groups in total. The Balaban J connectivity index is 3.61. The predicted molar refractivity (Wildman–Crippen MR) is 58.9 cm³/mol. The molecule has 0 radical (unpaired) electrons. The van der Waals surface area contributed by atoms with Crippen molar-refractivity contribution in [2.24, 2.45) is 5.73 Å². The first-order valence-corrected chi connectivity index (χ1v) is 5.96. The number of nitrogens with one attached hydrogen (secondary N) is 1. The van der Waals surface area contributed by atoms with Crippen molar-refractivity contribution >= 4 is 17.7 Å². The molecule has 0 aromatic heterocycles. The second-order valence-electron chi connectivity index (χ2n) is 3.19. The van der Waals surface area contributed by atoms with Crippen molar-refractivity contribution in [2.75, 3.05) is 12.8 Å². The Morgan fingerprint density at radius 2 is 2.23 bits per heavy atom. The Labute approximate surface area is 84.8 Å². The summed E-state index contributed by atoms with van der Waals surface area (Å²) >= 11 is 1.74. The van der Waals surface area contributed by atoms with E-state index in [4.69, 9.17) is 5.73 Å². The van der Waals surface area contributed by atoms with Crippen LogP contribution >= 0.6 is 11.8 Å². The molecular formula is C9H20N2OS. The summed E-state index contributed by atoms with van der Waals surface area (Å²) in [7, 11) is 0. The van der Waals surface area contributed by atoms with Crippen LogP contribution in [0.1, 0.15) is 26.7 Å². The van der Waals surface area contributed by atoms with Gasteiger partial charge in [-0.15, -0.1) is 0 Å². The van der Waals surface area contributed by atoms with Gasteiger partial charge in [0.05, 0.1) is 6.04 Å². The Morgan fingerprint density at radius 1 is 1.62 bits per heavy atom. The van der Waals surface area contributed by atoms with Crippen molar-refractivity contribution in [2.45, 2.75) is 38.0 Å². The molecule has 0 aliphatic heterocycles. The Bertz CT molecular complexity index is 153. The van der Waals surface area contributed by atoms with Gasteiger partial charge in [0.2, 0.25) is 5.91 Å². The van der Waals surface area contributed by atoms with Crippen LogP contribution in [0.15, 0.2) is 0 Å². The van der Waals surface area contributed by atoms with Crippen LogP contribution in [0.4, 0.5) is 0 Å². The van der Waals surface area contributed by atoms with Crippen molar-refractivity contribution in [3.05, 3.63) is 0 Å². The van der Waals surface area contributed by atoms with Gasteiger partial charge in [-0.2, -0.15) is 11.8 Å². The van der Waals surface area contributed by atoms with Crippen molar-refractivity contribution in [1.82, 2.24) is 5.32 Å². The van der Waals surface area contributed by atoms with Gasteiger partial charge in [-0.3, -0.25) is 4.79 Å². The van der Waals surface area contributed by atoms with Crippen LogP contribution in [0, 0.1) is 0 Å². The highest BCUT2D eigenvalue weighted by atomic mass is 32.2. The molecule has 0 aromatic carbocycles. The highest BCUT2D eigenvalue weighted by Gasteiger charge is 2.12. The molecule has 0 aliphatic rings. The zero-order valence-corrected chi connectivity index (χ0v) is 9.49. The lowest BCUT2D eigenvalue weighted by molar-refractivity contribution is -0.122. The number of nitrogens with two attached hydrogens (primary N) is 1. The lowest BCUT2D eigenvalue weighted by atomic mass is 10.2. The van der Waals surface area contributed by atoms with Crippen LogP contribution in [0.25, 0.3) is 0 Å². The fourth-order valence-corrected chi connectivity index (χ4v) is 1.15. The smallest absolute Gasteiger partial charge is 0.236 e. The summed E-state index contributed by atoms with van der Waals surface area (Å²) in [5.41, 5.74) is 5.64. The minimum absolute atomic E-state index is 0.0252. The molecule has 0 saturated carbocycles. The maximum Gasteiger partial charge on any atom is 0.236 e. The van der Waals surface area contributed by atoms with Crippen molar-refractivity contribution in [3.8, 4) is 0 Å². The first kappa shape index (κ1) is 12.8. The fraction of sp³-hybridized carbons (Fsp3) is 0.889. The standard InChI is InChI=1S/C9H20N2OS/c1-4-5-8(10)9(12)11-6-7(2)13-3/h7-8H,4-6,10H2,1-3H3,(H,11,12)/t7?,8-/m1/s1. The minimum atomic E-state index is -0.334. The molecular weight excluding hydrogens is 184 g/mol. The van der Waals surface area contributed by atoms with Gasteiger partial charge < -0.3 is 11.1 Å². The van der Waals surface area contributed by atoms with Crippen molar-refractivity contribution < 1.29 is 4.79 Å². The van der Waals surface area contributed by atoms with Crippen molar-refractivity contribution in [1.29, 1.82) is 0 Å². The summed E-state index contributed by atoms with van der Waals surface area (Å²) in [4.78, 5) is 11.3. The molecule has 0 spiro atoms. The molecule has 0 saturated heterocycles. The molecule has 78 valence electrons. The number of carbonyl (C=O) groups is 1. The van der Waals surface area contributed by atoms with Crippen LogP contribution in [-0.4, -0.2) is 30.0 Å². The normalized spacial score (nSPS) is 15.1. The van der Waals surface area contributed by atoms with Gasteiger partial charge >= 0.3 is 0 Å². The number of amides is 1. The zero-order valence-electron chi connectivity index (χ0n) is 8.67. The minimum Gasteiger partial charge on any atom is -0.354 e. The summed E-state index contributed by atoms with van der Waals surface area (Å²) in [6.07, 6.45) is 3.74. The van der Waals surface area contributed by atoms with Gasteiger partial charge in [-0.1, -0.05) is 20.3 Å². The van der Waals surface area contributed by atoms with Crippen LogP contribution in [-0.2, 0) is 4.79 Å². The number of hydrogen-bond donors (Lipinski definition) is 2. The maximum atomic E-state index is 11.3. The maximum absolute atomic E-state index is 11.3.